The summed E-state index contributed by atoms with van der Waals surface area (Å²) in [6, 6.07) is 13.0. The molecule has 1 aromatic carbocycles. The third-order valence-corrected chi connectivity index (χ3v) is 5.03. The first-order valence-electron chi connectivity index (χ1n) is 9.17. The van der Waals surface area contributed by atoms with Gasteiger partial charge in [0, 0.05) is 36.0 Å². The third-order valence-electron chi connectivity index (χ3n) is 5.03. The number of fused-ring (bicyclic) bond motifs is 1. The van der Waals surface area contributed by atoms with Crippen LogP contribution in [0.2, 0.25) is 0 Å². The fraction of sp³-hybridized carbons (Fsp3) is 0.143. The Kier molecular flexibility index (Phi) is 3.73. The molecule has 0 N–H and O–H groups in total. The predicted octanol–water partition coefficient (Wildman–Crippen LogP) is 2.86. The van der Waals surface area contributed by atoms with Crippen LogP contribution in [-0.4, -0.2) is 35.7 Å². The first-order valence-corrected chi connectivity index (χ1v) is 9.17. The second-order valence-corrected chi connectivity index (χ2v) is 7.22. The van der Waals surface area contributed by atoms with Crippen LogP contribution in [-0.2, 0) is 4.79 Å². The normalized spacial score (nSPS) is 16.1. The summed E-state index contributed by atoms with van der Waals surface area (Å²) < 4.78 is 1.59. The summed E-state index contributed by atoms with van der Waals surface area (Å²) in [6.45, 7) is 3.76. The number of hydrogen-bond acceptors (Lipinski definition) is 6. The maximum Gasteiger partial charge on any atom is 0.241 e. The van der Waals surface area contributed by atoms with Crippen molar-refractivity contribution in [3.8, 4) is 0 Å². The van der Waals surface area contributed by atoms with Crippen molar-refractivity contribution >= 4 is 28.5 Å². The van der Waals surface area contributed by atoms with Gasteiger partial charge in [0.15, 0.2) is 17.2 Å². The standard InChI is InChI=1S/C21H17N7O/c1-21(2)15(18-22-10-6-11-23-18)17(16-19-24-12-7-13-27(19)26-25-16)28(20(21)29)14-8-4-3-5-9-14/h3-13H,1-2H3. The fourth-order valence-electron chi connectivity index (χ4n) is 3.65. The highest BCUT2D eigenvalue weighted by molar-refractivity contribution is 6.25. The maximum atomic E-state index is 13.6. The molecule has 0 fully saturated rings. The minimum Gasteiger partial charge on any atom is -0.277 e. The molecule has 1 aliphatic rings. The molecule has 0 aliphatic carbocycles. The van der Waals surface area contributed by atoms with Crippen LogP contribution in [0.25, 0.3) is 16.9 Å². The molecule has 142 valence electrons. The molecule has 0 spiro atoms. The van der Waals surface area contributed by atoms with E-state index in [2.05, 4.69) is 25.3 Å². The molecule has 0 radical (unpaired) electrons. The lowest BCUT2D eigenvalue weighted by Gasteiger charge is -2.22. The van der Waals surface area contributed by atoms with Crippen molar-refractivity contribution in [2.24, 2.45) is 5.41 Å². The first-order chi connectivity index (χ1) is 14.1. The van der Waals surface area contributed by atoms with E-state index in [1.165, 1.54) is 0 Å². The van der Waals surface area contributed by atoms with Gasteiger partial charge in [-0.25, -0.2) is 19.5 Å². The molecule has 1 aliphatic heterocycles. The molecule has 0 saturated heterocycles. The number of aromatic nitrogens is 6. The van der Waals surface area contributed by atoms with Crippen molar-refractivity contribution < 1.29 is 4.79 Å². The van der Waals surface area contributed by atoms with E-state index >= 15 is 0 Å². The number of carbonyl (C=O) groups excluding carboxylic acids is 1. The number of anilines is 1. The van der Waals surface area contributed by atoms with Crippen molar-refractivity contribution in [2.45, 2.75) is 13.8 Å². The Morgan fingerprint density at radius 3 is 2.38 bits per heavy atom. The van der Waals surface area contributed by atoms with Gasteiger partial charge in [-0.3, -0.25) is 9.69 Å². The van der Waals surface area contributed by atoms with Crippen LogP contribution in [0.1, 0.15) is 25.4 Å². The van der Waals surface area contributed by atoms with E-state index in [1.807, 2.05) is 44.2 Å². The van der Waals surface area contributed by atoms with Crippen LogP contribution in [0.4, 0.5) is 5.69 Å². The van der Waals surface area contributed by atoms with Crippen molar-refractivity contribution in [3.05, 3.63) is 78.8 Å². The minimum absolute atomic E-state index is 0.0850. The lowest BCUT2D eigenvalue weighted by molar-refractivity contribution is -0.122. The Bertz CT molecular complexity index is 1250. The zero-order valence-corrected chi connectivity index (χ0v) is 15.9. The van der Waals surface area contributed by atoms with Gasteiger partial charge >= 0.3 is 0 Å². The number of carbonyl (C=O) groups is 1. The Morgan fingerprint density at radius 1 is 0.897 bits per heavy atom. The van der Waals surface area contributed by atoms with E-state index in [-0.39, 0.29) is 5.91 Å². The number of nitrogens with zero attached hydrogens (tertiary/aromatic N) is 7. The van der Waals surface area contributed by atoms with Gasteiger partial charge in [-0.15, -0.1) is 5.10 Å². The molecule has 4 heterocycles. The van der Waals surface area contributed by atoms with E-state index in [4.69, 9.17) is 0 Å². The monoisotopic (exact) mass is 383 g/mol. The van der Waals surface area contributed by atoms with Crippen LogP contribution >= 0.6 is 0 Å². The van der Waals surface area contributed by atoms with Crippen LogP contribution in [0.15, 0.2) is 67.3 Å². The van der Waals surface area contributed by atoms with Crippen molar-refractivity contribution in [2.75, 3.05) is 4.90 Å². The summed E-state index contributed by atoms with van der Waals surface area (Å²) in [7, 11) is 0. The quantitative estimate of drug-likeness (QED) is 0.540. The Balaban J connectivity index is 1.88. The number of amides is 1. The average molecular weight is 383 g/mol. The zero-order chi connectivity index (χ0) is 20.0. The van der Waals surface area contributed by atoms with E-state index in [0.29, 0.717) is 28.4 Å². The van der Waals surface area contributed by atoms with Gasteiger partial charge in [0.1, 0.15) is 0 Å². The van der Waals surface area contributed by atoms with Crippen molar-refractivity contribution in [3.63, 3.8) is 0 Å². The molecule has 0 atom stereocenters. The summed E-state index contributed by atoms with van der Waals surface area (Å²) in [5.41, 5.74) is 2.24. The number of rotatable bonds is 3. The molecular formula is C21H17N7O. The summed E-state index contributed by atoms with van der Waals surface area (Å²) in [5.74, 6) is 0.398. The maximum absolute atomic E-state index is 13.6. The van der Waals surface area contributed by atoms with E-state index in [1.54, 1.807) is 46.3 Å². The topological polar surface area (TPSA) is 89.2 Å². The van der Waals surface area contributed by atoms with E-state index in [0.717, 1.165) is 5.69 Å². The highest BCUT2D eigenvalue weighted by Gasteiger charge is 2.49. The Labute approximate surface area is 166 Å². The molecule has 29 heavy (non-hydrogen) atoms. The average Bonchev–Trinajstić information content (AvgIpc) is 3.26. The molecule has 5 rings (SSSR count). The SMILES string of the molecule is CC1(C)C(=O)N(c2ccccc2)C(c2nnn3cccnc23)=C1c1ncccn1. The van der Waals surface area contributed by atoms with Gasteiger partial charge in [-0.05, 0) is 38.1 Å². The second kappa shape index (κ2) is 6.30. The molecule has 0 unspecified atom stereocenters. The molecule has 0 saturated carbocycles. The Hall–Kier alpha value is -3.94. The summed E-state index contributed by atoms with van der Waals surface area (Å²) >= 11 is 0. The van der Waals surface area contributed by atoms with Crippen molar-refractivity contribution in [1.29, 1.82) is 0 Å². The van der Waals surface area contributed by atoms with E-state index in [9.17, 15) is 4.79 Å². The molecular weight excluding hydrogens is 366 g/mol. The molecule has 4 aromatic rings. The van der Waals surface area contributed by atoms with Crippen LogP contribution in [0.5, 0.6) is 0 Å². The van der Waals surface area contributed by atoms with Crippen molar-refractivity contribution in [1.82, 2.24) is 29.8 Å². The predicted molar refractivity (Wildman–Crippen MR) is 107 cm³/mol. The third kappa shape index (κ3) is 2.53. The Morgan fingerprint density at radius 2 is 1.62 bits per heavy atom. The number of para-hydroxylation sites is 1. The summed E-state index contributed by atoms with van der Waals surface area (Å²) in [5, 5.41) is 8.56. The van der Waals surface area contributed by atoms with Gasteiger partial charge < -0.3 is 0 Å². The summed E-state index contributed by atoms with van der Waals surface area (Å²) in [6.07, 6.45) is 6.78. The van der Waals surface area contributed by atoms with Crippen LogP contribution < -0.4 is 4.90 Å². The van der Waals surface area contributed by atoms with Crippen LogP contribution in [0, 0.1) is 5.41 Å². The van der Waals surface area contributed by atoms with Gasteiger partial charge in [-0.1, -0.05) is 23.4 Å². The molecule has 0 bridgehead atoms. The number of benzene rings is 1. The van der Waals surface area contributed by atoms with Crippen LogP contribution in [0.3, 0.4) is 0 Å². The minimum atomic E-state index is -0.864. The molecule has 1 amide bonds. The number of hydrogen-bond donors (Lipinski definition) is 0. The van der Waals surface area contributed by atoms with Gasteiger partial charge in [0.05, 0.1) is 11.1 Å². The highest BCUT2D eigenvalue weighted by Crippen LogP contribution is 2.49. The molecule has 3 aromatic heterocycles. The van der Waals surface area contributed by atoms with Gasteiger partial charge in [-0.2, -0.15) is 0 Å². The highest BCUT2D eigenvalue weighted by atomic mass is 16.2. The fourth-order valence-corrected chi connectivity index (χ4v) is 3.65. The summed E-state index contributed by atoms with van der Waals surface area (Å²) in [4.78, 5) is 28.6. The largest absolute Gasteiger partial charge is 0.277 e. The second-order valence-electron chi connectivity index (χ2n) is 7.22. The zero-order valence-electron chi connectivity index (χ0n) is 15.9. The van der Waals surface area contributed by atoms with Gasteiger partial charge in [0.25, 0.3) is 0 Å². The first kappa shape index (κ1) is 17.2. The lowest BCUT2D eigenvalue weighted by atomic mass is 9.84. The molecule has 8 nitrogen and oxygen atoms in total. The smallest absolute Gasteiger partial charge is 0.241 e. The molecule has 8 heteroatoms. The van der Waals surface area contributed by atoms with Gasteiger partial charge in [0.2, 0.25) is 5.91 Å². The lowest BCUT2D eigenvalue weighted by Crippen LogP contribution is -2.33. The van der Waals surface area contributed by atoms with E-state index < -0.39 is 5.41 Å².